The predicted molar refractivity (Wildman–Crippen MR) is 93.3 cm³/mol. The summed E-state index contributed by atoms with van der Waals surface area (Å²) in [4.78, 5) is 26.7. The smallest absolute Gasteiger partial charge is 0.319 e. The van der Waals surface area contributed by atoms with Crippen LogP contribution in [-0.2, 0) is 0 Å². The van der Waals surface area contributed by atoms with Crippen LogP contribution in [0.4, 0.5) is 16.2 Å². The molecule has 0 unspecified atom stereocenters. The van der Waals surface area contributed by atoms with Crippen LogP contribution in [0.3, 0.4) is 0 Å². The second kappa shape index (κ2) is 7.55. The van der Waals surface area contributed by atoms with Crippen LogP contribution in [0.25, 0.3) is 0 Å². The fourth-order valence-electron chi connectivity index (χ4n) is 1.90. The van der Waals surface area contributed by atoms with E-state index in [1.165, 1.54) is 0 Å². The molecule has 1 aromatic carbocycles. The molecule has 120 valence electrons. The Hall–Kier alpha value is -2.67. The number of carbonyl (C=O) groups is 2. The summed E-state index contributed by atoms with van der Waals surface area (Å²) in [7, 11) is 0. The molecule has 4 N–H and O–H groups in total. The second-order valence-corrected chi connectivity index (χ2v) is 5.61. The van der Waals surface area contributed by atoms with Gasteiger partial charge < -0.3 is 20.9 Å². The van der Waals surface area contributed by atoms with Crippen molar-refractivity contribution in [3.8, 4) is 0 Å². The molecule has 2 aromatic rings. The van der Waals surface area contributed by atoms with Gasteiger partial charge in [0.1, 0.15) is 4.64 Å². The molecule has 1 heterocycles. The summed E-state index contributed by atoms with van der Waals surface area (Å²) in [5.74, 6) is -0.310. The van der Waals surface area contributed by atoms with Crippen molar-refractivity contribution in [3.63, 3.8) is 0 Å². The number of anilines is 2. The van der Waals surface area contributed by atoms with E-state index in [0.29, 0.717) is 21.6 Å². The maximum atomic E-state index is 12.2. The van der Waals surface area contributed by atoms with E-state index in [-0.39, 0.29) is 18.0 Å². The number of H-pyrrole nitrogens is 1. The molecule has 0 aliphatic carbocycles. The summed E-state index contributed by atoms with van der Waals surface area (Å²) in [6.07, 6.45) is 1.66. The van der Waals surface area contributed by atoms with Gasteiger partial charge in [-0.15, -0.1) is 0 Å². The van der Waals surface area contributed by atoms with Crippen LogP contribution in [0.15, 0.2) is 42.6 Å². The van der Waals surface area contributed by atoms with E-state index in [9.17, 15) is 9.59 Å². The minimum atomic E-state index is -0.310. The Morgan fingerprint density at radius 3 is 2.43 bits per heavy atom. The average Bonchev–Trinajstić information content (AvgIpc) is 2.47. The SMILES string of the molecule is CC(C)NC(=O)Nc1cccc(NC(=O)c2ccc[nH]c2=S)c1. The van der Waals surface area contributed by atoms with E-state index in [1.807, 2.05) is 13.8 Å². The maximum Gasteiger partial charge on any atom is 0.319 e. The third kappa shape index (κ3) is 4.93. The second-order valence-electron chi connectivity index (χ2n) is 5.20. The standard InChI is InChI=1S/C16H18N4O2S/c1-10(2)18-16(22)20-12-6-3-5-11(9-12)19-14(21)13-7-4-8-17-15(13)23/h3-10H,1-2H3,(H,17,23)(H,19,21)(H2,18,20,22). The summed E-state index contributed by atoms with van der Waals surface area (Å²) < 4.78 is 0.371. The first-order chi connectivity index (χ1) is 11.0. The average molecular weight is 330 g/mol. The highest BCUT2D eigenvalue weighted by Gasteiger charge is 2.09. The fourth-order valence-corrected chi connectivity index (χ4v) is 2.13. The van der Waals surface area contributed by atoms with Gasteiger partial charge in [0.25, 0.3) is 5.91 Å². The Kier molecular flexibility index (Phi) is 5.48. The van der Waals surface area contributed by atoms with Gasteiger partial charge in [-0.2, -0.15) is 0 Å². The van der Waals surface area contributed by atoms with Crippen LogP contribution >= 0.6 is 12.2 Å². The molecule has 0 spiro atoms. The Balaban J connectivity index is 2.08. The highest BCUT2D eigenvalue weighted by molar-refractivity contribution is 7.71. The van der Waals surface area contributed by atoms with Crippen molar-refractivity contribution < 1.29 is 9.59 Å². The first-order valence-corrected chi connectivity index (χ1v) is 7.53. The molecule has 0 radical (unpaired) electrons. The van der Waals surface area contributed by atoms with Gasteiger partial charge in [-0.05, 0) is 44.2 Å². The Labute approximate surface area is 139 Å². The quantitative estimate of drug-likeness (QED) is 0.647. The molecule has 6 nitrogen and oxygen atoms in total. The number of rotatable bonds is 4. The molecule has 2 rings (SSSR count). The van der Waals surface area contributed by atoms with Crippen LogP contribution in [0.1, 0.15) is 24.2 Å². The molecule has 0 fully saturated rings. The van der Waals surface area contributed by atoms with E-state index in [4.69, 9.17) is 12.2 Å². The van der Waals surface area contributed by atoms with Gasteiger partial charge in [-0.3, -0.25) is 4.79 Å². The lowest BCUT2D eigenvalue weighted by molar-refractivity contribution is 0.102. The summed E-state index contributed by atoms with van der Waals surface area (Å²) in [6.45, 7) is 3.75. The Morgan fingerprint density at radius 1 is 1.09 bits per heavy atom. The van der Waals surface area contributed by atoms with Crippen molar-refractivity contribution in [2.75, 3.05) is 10.6 Å². The van der Waals surface area contributed by atoms with Gasteiger partial charge in [0.2, 0.25) is 0 Å². The molecule has 0 atom stereocenters. The predicted octanol–water partition coefficient (Wildman–Crippen LogP) is 3.53. The normalized spacial score (nSPS) is 10.2. The molecular formula is C16H18N4O2S. The fraction of sp³-hybridized carbons (Fsp3) is 0.188. The lowest BCUT2D eigenvalue weighted by Gasteiger charge is -2.11. The zero-order valence-electron chi connectivity index (χ0n) is 12.8. The number of hydrogen-bond acceptors (Lipinski definition) is 3. The van der Waals surface area contributed by atoms with Crippen LogP contribution in [-0.4, -0.2) is 23.0 Å². The topological polar surface area (TPSA) is 86.0 Å². The molecule has 23 heavy (non-hydrogen) atoms. The minimum Gasteiger partial charge on any atom is -0.352 e. The number of nitrogens with one attached hydrogen (secondary N) is 4. The third-order valence-electron chi connectivity index (χ3n) is 2.86. The first kappa shape index (κ1) is 16.7. The van der Waals surface area contributed by atoms with Crippen molar-refractivity contribution in [2.45, 2.75) is 19.9 Å². The lowest BCUT2D eigenvalue weighted by Crippen LogP contribution is -2.34. The number of urea groups is 1. The van der Waals surface area contributed by atoms with Gasteiger partial charge in [-0.1, -0.05) is 18.3 Å². The van der Waals surface area contributed by atoms with E-state index < -0.39 is 0 Å². The summed E-state index contributed by atoms with van der Waals surface area (Å²) in [6, 6.07) is 9.99. The van der Waals surface area contributed by atoms with Crippen LogP contribution in [0, 0.1) is 4.64 Å². The zero-order valence-corrected chi connectivity index (χ0v) is 13.7. The van der Waals surface area contributed by atoms with Gasteiger partial charge in [0.15, 0.2) is 0 Å². The maximum absolute atomic E-state index is 12.2. The van der Waals surface area contributed by atoms with Gasteiger partial charge >= 0.3 is 6.03 Å². The van der Waals surface area contributed by atoms with Crippen molar-refractivity contribution >= 4 is 35.5 Å². The third-order valence-corrected chi connectivity index (χ3v) is 3.20. The van der Waals surface area contributed by atoms with Crippen LogP contribution in [0.5, 0.6) is 0 Å². The summed E-state index contributed by atoms with van der Waals surface area (Å²) >= 11 is 5.09. The Bertz CT molecular complexity index is 770. The number of benzene rings is 1. The van der Waals surface area contributed by atoms with E-state index in [1.54, 1.807) is 42.6 Å². The molecule has 0 aliphatic heterocycles. The zero-order chi connectivity index (χ0) is 16.8. The number of aromatic nitrogens is 1. The largest absolute Gasteiger partial charge is 0.352 e. The molecule has 0 saturated carbocycles. The number of hydrogen-bond donors (Lipinski definition) is 4. The number of carbonyl (C=O) groups excluding carboxylic acids is 2. The number of amides is 3. The van der Waals surface area contributed by atoms with Gasteiger partial charge in [-0.25, -0.2) is 4.79 Å². The molecule has 0 saturated heterocycles. The lowest BCUT2D eigenvalue weighted by atomic mass is 10.2. The van der Waals surface area contributed by atoms with Crippen molar-refractivity contribution in [1.29, 1.82) is 0 Å². The molecule has 1 aromatic heterocycles. The summed E-state index contributed by atoms with van der Waals surface area (Å²) in [5.41, 5.74) is 1.54. The van der Waals surface area contributed by atoms with E-state index in [0.717, 1.165) is 0 Å². The number of aromatic amines is 1. The molecule has 0 bridgehead atoms. The molecule has 7 heteroatoms. The number of pyridine rings is 1. The van der Waals surface area contributed by atoms with Gasteiger partial charge in [0.05, 0.1) is 5.56 Å². The van der Waals surface area contributed by atoms with Crippen molar-refractivity contribution in [2.24, 2.45) is 0 Å². The Morgan fingerprint density at radius 2 is 1.78 bits per heavy atom. The van der Waals surface area contributed by atoms with Gasteiger partial charge in [0, 0.05) is 23.6 Å². The van der Waals surface area contributed by atoms with Crippen molar-refractivity contribution in [3.05, 3.63) is 52.8 Å². The van der Waals surface area contributed by atoms with Crippen LogP contribution in [0.2, 0.25) is 0 Å². The monoisotopic (exact) mass is 330 g/mol. The summed E-state index contributed by atoms with van der Waals surface area (Å²) in [5, 5.41) is 8.20. The molecule has 0 aliphatic rings. The minimum absolute atomic E-state index is 0.0395. The van der Waals surface area contributed by atoms with Crippen LogP contribution < -0.4 is 16.0 Å². The molecule has 3 amide bonds. The van der Waals surface area contributed by atoms with E-state index >= 15 is 0 Å². The van der Waals surface area contributed by atoms with E-state index in [2.05, 4.69) is 20.9 Å². The highest BCUT2D eigenvalue weighted by Crippen LogP contribution is 2.16. The highest BCUT2D eigenvalue weighted by atomic mass is 32.1. The molecular weight excluding hydrogens is 312 g/mol. The van der Waals surface area contributed by atoms with Crippen molar-refractivity contribution in [1.82, 2.24) is 10.3 Å². The first-order valence-electron chi connectivity index (χ1n) is 7.12.